The number of hydrogen-bond donors (Lipinski definition) is 1. The van der Waals surface area contributed by atoms with Crippen molar-refractivity contribution in [1.82, 2.24) is 29.7 Å². The minimum absolute atomic E-state index is 0.0482. The zero-order valence-corrected chi connectivity index (χ0v) is 19.0. The minimum Gasteiger partial charge on any atom is -0.356 e. The first kappa shape index (κ1) is 20.4. The fraction of sp³-hybridized carbons (Fsp3) is 0.320. The Morgan fingerprint density at radius 3 is 2.56 bits per heavy atom. The Balaban J connectivity index is 1.33. The van der Waals surface area contributed by atoms with E-state index >= 15 is 0 Å². The van der Waals surface area contributed by atoms with E-state index in [0.29, 0.717) is 23.4 Å². The van der Waals surface area contributed by atoms with Gasteiger partial charge in [-0.25, -0.2) is 9.50 Å². The van der Waals surface area contributed by atoms with E-state index in [1.165, 1.54) is 0 Å². The summed E-state index contributed by atoms with van der Waals surface area (Å²) >= 11 is 0. The average Bonchev–Trinajstić information content (AvgIpc) is 3.48. The maximum Gasteiger partial charge on any atom is 0.217 e. The predicted molar refractivity (Wildman–Crippen MR) is 127 cm³/mol. The first-order valence-corrected chi connectivity index (χ1v) is 11.4. The molecule has 34 heavy (non-hydrogen) atoms. The molecule has 1 N–H and O–H groups in total. The summed E-state index contributed by atoms with van der Waals surface area (Å²) in [6.07, 6.45) is 10.3. The van der Waals surface area contributed by atoms with Crippen LogP contribution >= 0.6 is 0 Å². The number of carbonyl (C=O) groups excluding carboxylic acids is 1. The molecule has 7 rings (SSSR count). The number of aryl methyl sites for hydroxylation is 1. The van der Waals surface area contributed by atoms with Gasteiger partial charge < -0.3 is 10.2 Å². The molecule has 2 unspecified atom stereocenters. The van der Waals surface area contributed by atoms with Crippen molar-refractivity contribution in [3.63, 3.8) is 0 Å². The predicted octanol–water partition coefficient (Wildman–Crippen LogP) is 2.63. The summed E-state index contributed by atoms with van der Waals surface area (Å²) in [5, 5.41) is 21.4. The lowest BCUT2D eigenvalue weighted by Crippen LogP contribution is -2.64. The second-order valence-electron chi connectivity index (χ2n) is 9.30. The molecule has 3 aliphatic rings. The molecule has 3 fully saturated rings. The summed E-state index contributed by atoms with van der Waals surface area (Å²) in [4.78, 5) is 18.6. The molecule has 1 aliphatic carbocycles. The second kappa shape index (κ2) is 7.70. The van der Waals surface area contributed by atoms with Crippen LogP contribution in [0.25, 0.3) is 27.8 Å². The molecule has 4 aromatic heterocycles. The van der Waals surface area contributed by atoms with Gasteiger partial charge in [-0.1, -0.05) is 0 Å². The largest absolute Gasteiger partial charge is 0.356 e. The van der Waals surface area contributed by atoms with Crippen LogP contribution in [0.5, 0.6) is 0 Å². The molecule has 9 heteroatoms. The maximum absolute atomic E-state index is 11.5. The fourth-order valence-corrected chi connectivity index (χ4v) is 5.43. The zero-order valence-electron chi connectivity index (χ0n) is 19.0. The van der Waals surface area contributed by atoms with Crippen molar-refractivity contribution in [2.24, 2.45) is 18.9 Å². The summed E-state index contributed by atoms with van der Waals surface area (Å²) in [7, 11) is 1.89. The van der Waals surface area contributed by atoms with Crippen molar-refractivity contribution in [3.05, 3.63) is 54.7 Å². The Labute approximate surface area is 196 Å². The number of hydrogen-bond acceptors (Lipinski definition) is 6. The molecule has 0 aromatic carbocycles. The highest BCUT2D eigenvalue weighted by Crippen LogP contribution is 2.41. The summed E-state index contributed by atoms with van der Waals surface area (Å²) in [5.41, 5.74) is 5.06. The van der Waals surface area contributed by atoms with Gasteiger partial charge in [-0.2, -0.15) is 15.5 Å². The van der Waals surface area contributed by atoms with E-state index in [-0.39, 0.29) is 5.91 Å². The average molecular weight is 453 g/mol. The molecular weight excluding hydrogens is 428 g/mol. The third kappa shape index (κ3) is 3.30. The van der Waals surface area contributed by atoms with Crippen LogP contribution in [0.4, 0.5) is 5.82 Å². The highest BCUT2D eigenvalue weighted by molar-refractivity contribution is 5.87. The van der Waals surface area contributed by atoms with Crippen LogP contribution in [-0.4, -0.2) is 49.4 Å². The van der Waals surface area contributed by atoms with E-state index in [0.717, 1.165) is 53.1 Å². The third-order valence-corrected chi connectivity index (χ3v) is 7.05. The van der Waals surface area contributed by atoms with Gasteiger partial charge in [0, 0.05) is 73.9 Å². The van der Waals surface area contributed by atoms with Gasteiger partial charge in [-0.15, -0.1) is 0 Å². The lowest BCUT2D eigenvalue weighted by molar-refractivity contribution is -0.122. The van der Waals surface area contributed by atoms with Crippen LogP contribution in [0, 0.1) is 23.2 Å². The van der Waals surface area contributed by atoms with Gasteiger partial charge in [0.1, 0.15) is 11.9 Å². The van der Waals surface area contributed by atoms with E-state index in [4.69, 9.17) is 4.98 Å². The molecule has 9 nitrogen and oxygen atoms in total. The molecule has 2 saturated heterocycles. The van der Waals surface area contributed by atoms with E-state index in [1.54, 1.807) is 22.3 Å². The van der Waals surface area contributed by atoms with E-state index < -0.39 is 0 Å². The lowest BCUT2D eigenvalue weighted by atomic mass is 9.66. The van der Waals surface area contributed by atoms with Crippen molar-refractivity contribution in [2.45, 2.75) is 19.4 Å². The van der Waals surface area contributed by atoms with Crippen molar-refractivity contribution in [3.8, 4) is 28.3 Å². The van der Waals surface area contributed by atoms with E-state index in [9.17, 15) is 10.1 Å². The van der Waals surface area contributed by atoms with Gasteiger partial charge in [0.25, 0.3) is 0 Å². The number of aromatic nitrogens is 5. The van der Waals surface area contributed by atoms with Crippen LogP contribution in [0.2, 0.25) is 0 Å². The molecule has 170 valence electrons. The Morgan fingerprint density at radius 1 is 1.09 bits per heavy atom. The Morgan fingerprint density at radius 2 is 1.91 bits per heavy atom. The molecule has 1 amide bonds. The van der Waals surface area contributed by atoms with Gasteiger partial charge in [-0.3, -0.25) is 9.48 Å². The van der Waals surface area contributed by atoms with E-state index in [1.807, 2.05) is 37.9 Å². The Kier molecular flexibility index (Phi) is 4.62. The Bertz CT molecular complexity index is 1430. The van der Waals surface area contributed by atoms with Crippen LogP contribution in [0.3, 0.4) is 0 Å². The molecule has 6 heterocycles. The first-order chi connectivity index (χ1) is 16.5. The number of piperidine rings is 2. The number of rotatable bonds is 4. The van der Waals surface area contributed by atoms with Crippen LogP contribution in [0.1, 0.15) is 18.9 Å². The number of carbonyl (C=O) groups is 1. The van der Waals surface area contributed by atoms with Gasteiger partial charge in [0.15, 0.2) is 0 Å². The number of amides is 1. The van der Waals surface area contributed by atoms with Crippen LogP contribution in [0.15, 0.2) is 49.2 Å². The summed E-state index contributed by atoms with van der Waals surface area (Å²) in [5.74, 6) is 1.94. The smallest absolute Gasteiger partial charge is 0.217 e. The molecule has 2 atom stereocenters. The number of nitrogens with one attached hydrogen (secondary N) is 1. The van der Waals surface area contributed by atoms with Crippen molar-refractivity contribution in [2.75, 3.05) is 18.0 Å². The Hall–Kier alpha value is -4.19. The summed E-state index contributed by atoms with van der Waals surface area (Å²) in [6, 6.07) is 8.72. The molecule has 1 saturated carbocycles. The SMILES string of the molecule is CC(=O)NC1C2CC1CN(c1ccc(-c3cc(-c4cnn(C)c4)cn4ncc(C#N)c34)cn1)C2. The number of nitrogens with zero attached hydrogens (tertiary/aromatic N) is 7. The molecule has 0 spiro atoms. The molecule has 4 aromatic rings. The van der Waals surface area contributed by atoms with Gasteiger partial charge in [0.2, 0.25) is 5.91 Å². The number of fused-ring (bicyclic) bond motifs is 3. The van der Waals surface area contributed by atoms with Crippen molar-refractivity contribution >= 4 is 17.2 Å². The zero-order chi connectivity index (χ0) is 23.4. The standard InChI is InChI=1S/C25H24N8O/c1-15(34)30-24-18-5-19(24)13-32(12-18)23-4-3-16(8-27-23)22-6-17(21-10-28-31(2)11-21)14-33-25(22)20(7-26)9-29-33/h3-4,6,8-11,14,18-19,24H,5,12-13H2,1-2H3,(H,30,34). The molecular formula is C25H24N8O. The normalized spacial score (nSPS) is 21.2. The quantitative estimate of drug-likeness (QED) is 0.511. The highest BCUT2D eigenvalue weighted by atomic mass is 16.1. The topological polar surface area (TPSA) is 104 Å². The highest BCUT2D eigenvalue weighted by Gasteiger charge is 2.47. The minimum atomic E-state index is 0.0482. The molecule has 2 bridgehead atoms. The first-order valence-electron chi connectivity index (χ1n) is 11.4. The van der Waals surface area contributed by atoms with Crippen LogP contribution in [-0.2, 0) is 11.8 Å². The number of nitriles is 1. The molecule has 0 radical (unpaired) electrons. The van der Waals surface area contributed by atoms with Crippen molar-refractivity contribution < 1.29 is 4.79 Å². The summed E-state index contributed by atoms with van der Waals surface area (Å²) < 4.78 is 3.52. The lowest BCUT2D eigenvalue weighted by Gasteiger charge is -2.54. The third-order valence-electron chi connectivity index (χ3n) is 7.05. The van der Waals surface area contributed by atoms with Gasteiger partial charge >= 0.3 is 0 Å². The number of pyridine rings is 2. The molecule has 2 aliphatic heterocycles. The van der Waals surface area contributed by atoms with E-state index in [2.05, 4.69) is 38.6 Å². The van der Waals surface area contributed by atoms with Gasteiger partial charge in [-0.05, 0) is 36.5 Å². The second-order valence-corrected chi connectivity index (χ2v) is 9.30. The maximum atomic E-state index is 11.5. The van der Waals surface area contributed by atoms with Crippen molar-refractivity contribution in [1.29, 1.82) is 5.26 Å². The monoisotopic (exact) mass is 452 g/mol. The van der Waals surface area contributed by atoms with Crippen LogP contribution < -0.4 is 10.2 Å². The van der Waals surface area contributed by atoms with Gasteiger partial charge in [0.05, 0.1) is 23.5 Å². The number of anilines is 1. The summed E-state index contributed by atoms with van der Waals surface area (Å²) in [6.45, 7) is 3.39. The fourth-order valence-electron chi connectivity index (χ4n) is 5.43.